The minimum absolute atomic E-state index is 0.300. The van der Waals surface area contributed by atoms with Gasteiger partial charge in [0.1, 0.15) is 6.04 Å². The summed E-state index contributed by atoms with van der Waals surface area (Å²) in [5.74, 6) is -0.697. The fourth-order valence-electron chi connectivity index (χ4n) is 1.50. The van der Waals surface area contributed by atoms with E-state index in [1.807, 2.05) is 6.92 Å². The van der Waals surface area contributed by atoms with Crippen molar-refractivity contribution in [3.63, 3.8) is 0 Å². The van der Waals surface area contributed by atoms with Gasteiger partial charge in [-0.1, -0.05) is 13.3 Å². The summed E-state index contributed by atoms with van der Waals surface area (Å²) in [6, 6.07) is -0.896. The van der Waals surface area contributed by atoms with Gasteiger partial charge in [0.05, 0.1) is 0 Å². The van der Waals surface area contributed by atoms with Crippen LogP contribution in [0.5, 0.6) is 0 Å². The quantitative estimate of drug-likeness (QED) is 0.517. The van der Waals surface area contributed by atoms with E-state index in [-0.39, 0.29) is 0 Å². The van der Waals surface area contributed by atoms with Crippen LogP contribution in [-0.4, -0.2) is 22.7 Å². The lowest BCUT2D eigenvalue weighted by atomic mass is 10.0. The van der Waals surface area contributed by atoms with Crippen molar-refractivity contribution in [3.8, 4) is 0 Å². The molecular formula is C7H14N2O2. The predicted molar refractivity (Wildman–Crippen MR) is 40.9 cm³/mol. The van der Waals surface area contributed by atoms with Gasteiger partial charge < -0.3 is 16.6 Å². The van der Waals surface area contributed by atoms with Crippen LogP contribution in [0.4, 0.5) is 0 Å². The van der Waals surface area contributed by atoms with Crippen LogP contribution >= 0.6 is 0 Å². The summed E-state index contributed by atoms with van der Waals surface area (Å²) in [7, 11) is 0. The molecule has 0 heterocycles. The van der Waals surface area contributed by atoms with Crippen molar-refractivity contribution in [2.24, 2.45) is 17.4 Å². The van der Waals surface area contributed by atoms with Crippen molar-refractivity contribution < 1.29 is 9.90 Å². The molecule has 0 unspecified atom stereocenters. The largest absolute Gasteiger partial charge is 0.480 e. The summed E-state index contributed by atoms with van der Waals surface area (Å²) in [6.45, 7) is 1.99. The maximum atomic E-state index is 10.4. The third kappa shape index (κ3) is 1.23. The van der Waals surface area contributed by atoms with Gasteiger partial charge in [0.2, 0.25) is 0 Å². The zero-order chi connectivity index (χ0) is 8.65. The third-order valence-electron chi connectivity index (χ3n) is 2.54. The Morgan fingerprint density at radius 1 is 1.91 bits per heavy atom. The Morgan fingerprint density at radius 2 is 2.45 bits per heavy atom. The smallest absolute Gasteiger partial charge is 0.322 e. The van der Waals surface area contributed by atoms with Crippen LogP contribution in [0.1, 0.15) is 19.8 Å². The van der Waals surface area contributed by atoms with E-state index in [0.29, 0.717) is 5.92 Å². The summed E-state index contributed by atoms with van der Waals surface area (Å²) >= 11 is 0. The molecule has 0 saturated heterocycles. The average Bonchev–Trinajstić information content (AvgIpc) is 2.61. The highest BCUT2D eigenvalue weighted by Gasteiger charge is 2.56. The summed E-state index contributed by atoms with van der Waals surface area (Å²) in [5, 5.41) is 8.57. The molecule has 3 atom stereocenters. The molecule has 1 saturated carbocycles. The van der Waals surface area contributed by atoms with E-state index >= 15 is 0 Å². The van der Waals surface area contributed by atoms with E-state index in [1.54, 1.807) is 0 Å². The van der Waals surface area contributed by atoms with Crippen molar-refractivity contribution >= 4 is 5.97 Å². The number of nitrogens with two attached hydrogens (primary N) is 2. The standard InChI is InChI=1S/C7H14N2O2/c1-2-4-3-7(4,9)5(8)6(10)11/h4-5H,2-3,8-9H2,1H3,(H,10,11)/t4-,5-,7-/m1/s1. The lowest BCUT2D eigenvalue weighted by Gasteiger charge is -2.15. The predicted octanol–water partition coefficient (Wildman–Crippen LogP) is -0.474. The van der Waals surface area contributed by atoms with E-state index in [1.165, 1.54) is 0 Å². The molecule has 4 heteroatoms. The summed E-state index contributed by atoms with van der Waals surface area (Å²) in [4.78, 5) is 10.4. The molecule has 64 valence electrons. The van der Waals surface area contributed by atoms with Crippen LogP contribution in [0.25, 0.3) is 0 Å². The van der Waals surface area contributed by atoms with E-state index in [2.05, 4.69) is 0 Å². The second-order valence-electron chi connectivity index (χ2n) is 3.24. The highest BCUT2D eigenvalue weighted by molar-refractivity contribution is 5.76. The second-order valence-corrected chi connectivity index (χ2v) is 3.24. The zero-order valence-electron chi connectivity index (χ0n) is 6.58. The van der Waals surface area contributed by atoms with Crippen molar-refractivity contribution in [1.29, 1.82) is 0 Å². The fourth-order valence-corrected chi connectivity index (χ4v) is 1.50. The van der Waals surface area contributed by atoms with Crippen LogP contribution in [0.2, 0.25) is 0 Å². The molecule has 1 aliphatic carbocycles. The Balaban J connectivity index is 2.56. The summed E-state index contributed by atoms with van der Waals surface area (Å²) in [5.41, 5.74) is 10.5. The van der Waals surface area contributed by atoms with Crippen LogP contribution in [0.15, 0.2) is 0 Å². The molecule has 0 aromatic rings. The molecule has 0 amide bonds. The van der Waals surface area contributed by atoms with Crippen LogP contribution in [0, 0.1) is 5.92 Å². The molecule has 1 rings (SSSR count). The summed E-state index contributed by atoms with van der Waals surface area (Å²) < 4.78 is 0. The monoisotopic (exact) mass is 158 g/mol. The van der Waals surface area contributed by atoms with E-state index in [9.17, 15) is 4.79 Å². The SMILES string of the molecule is CC[C@@H]1C[C@]1(N)[C@H](N)C(=O)O. The van der Waals surface area contributed by atoms with Crippen LogP contribution in [-0.2, 0) is 4.79 Å². The normalized spacial score (nSPS) is 38.3. The molecular weight excluding hydrogens is 144 g/mol. The van der Waals surface area contributed by atoms with Gasteiger partial charge >= 0.3 is 5.97 Å². The van der Waals surface area contributed by atoms with E-state index < -0.39 is 17.6 Å². The Morgan fingerprint density at radius 3 is 2.73 bits per heavy atom. The second kappa shape index (κ2) is 2.46. The number of rotatable bonds is 3. The van der Waals surface area contributed by atoms with Gasteiger partial charge in [-0.25, -0.2) is 0 Å². The number of carbonyl (C=O) groups is 1. The lowest BCUT2D eigenvalue weighted by Crippen LogP contribution is -2.50. The van der Waals surface area contributed by atoms with Gasteiger partial charge in [0.15, 0.2) is 0 Å². The molecule has 0 spiro atoms. The highest BCUT2D eigenvalue weighted by atomic mass is 16.4. The lowest BCUT2D eigenvalue weighted by molar-refractivity contribution is -0.139. The van der Waals surface area contributed by atoms with Gasteiger partial charge in [0.25, 0.3) is 0 Å². The molecule has 0 aliphatic heterocycles. The molecule has 0 aromatic heterocycles. The Kier molecular flexibility index (Phi) is 1.90. The molecule has 0 bridgehead atoms. The van der Waals surface area contributed by atoms with Gasteiger partial charge in [-0.3, -0.25) is 4.79 Å². The summed E-state index contributed by atoms with van der Waals surface area (Å²) in [6.07, 6.45) is 1.66. The number of aliphatic carboxylic acids is 1. The van der Waals surface area contributed by atoms with E-state index in [0.717, 1.165) is 12.8 Å². The molecule has 0 aromatic carbocycles. The Labute approximate surface area is 65.6 Å². The fraction of sp³-hybridized carbons (Fsp3) is 0.857. The van der Waals surface area contributed by atoms with Crippen LogP contribution < -0.4 is 11.5 Å². The Hall–Kier alpha value is -0.610. The van der Waals surface area contributed by atoms with Crippen molar-refractivity contribution in [2.75, 3.05) is 0 Å². The maximum absolute atomic E-state index is 10.4. The highest BCUT2D eigenvalue weighted by Crippen LogP contribution is 2.45. The van der Waals surface area contributed by atoms with Gasteiger partial charge in [-0.05, 0) is 12.3 Å². The van der Waals surface area contributed by atoms with Crippen molar-refractivity contribution in [2.45, 2.75) is 31.3 Å². The Bertz CT molecular complexity index is 183. The van der Waals surface area contributed by atoms with Gasteiger partial charge in [-0.15, -0.1) is 0 Å². The number of carboxylic acids is 1. The van der Waals surface area contributed by atoms with Crippen molar-refractivity contribution in [1.82, 2.24) is 0 Å². The zero-order valence-corrected chi connectivity index (χ0v) is 6.58. The minimum atomic E-state index is -0.997. The first-order valence-corrected chi connectivity index (χ1v) is 3.79. The van der Waals surface area contributed by atoms with E-state index in [4.69, 9.17) is 16.6 Å². The molecule has 5 N–H and O–H groups in total. The first-order chi connectivity index (χ1) is 5.02. The molecule has 11 heavy (non-hydrogen) atoms. The average molecular weight is 158 g/mol. The van der Waals surface area contributed by atoms with Gasteiger partial charge in [-0.2, -0.15) is 0 Å². The molecule has 1 fully saturated rings. The third-order valence-corrected chi connectivity index (χ3v) is 2.54. The van der Waals surface area contributed by atoms with Gasteiger partial charge in [0, 0.05) is 5.54 Å². The molecule has 1 aliphatic rings. The minimum Gasteiger partial charge on any atom is -0.480 e. The number of hydrogen-bond acceptors (Lipinski definition) is 3. The molecule has 0 radical (unpaired) electrons. The number of carboxylic acid groups (broad SMARTS) is 1. The van der Waals surface area contributed by atoms with Crippen molar-refractivity contribution in [3.05, 3.63) is 0 Å². The first kappa shape index (κ1) is 8.49. The maximum Gasteiger partial charge on any atom is 0.322 e. The van der Waals surface area contributed by atoms with Crippen LogP contribution in [0.3, 0.4) is 0 Å². The molecule has 4 nitrogen and oxygen atoms in total. The number of hydrogen-bond donors (Lipinski definition) is 3. The topological polar surface area (TPSA) is 89.3 Å². The first-order valence-electron chi connectivity index (χ1n) is 3.79.